The van der Waals surface area contributed by atoms with Crippen LogP contribution in [0, 0.1) is 0 Å². The summed E-state index contributed by atoms with van der Waals surface area (Å²) in [5.41, 5.74) is 1.43. The molecule has 0 unspecified atom stereocenters. The Bertz CT molecular complexity index is 567. The molecule has 106 valence electrons. The van der Waals surface area contributed by atoms with Gasteiger partial charge in [0.1, 0.15) is 0 Å². The van der Waals surface area contributed by atoms with E-state index in [4.69, 9.17) is 9.47 Å². The van der Waals surface area contributed by atoms with Gasteiger partial charge in [-0.05, 0) is 12.1 Å². The van der Waals surface area contributed by atoms with Crippen molar-refractivity contribution < 1.29 is 14.3 Å². The van der Waals surface area contributed by atoms with Crippen molar-refractivity contribution in [1.29, 1.82) is 0 Å². The van der Waals surface area contributed by atoms with Crippen molar-refractivity contribution in [3.05, 3.63) is 42.0 Å². The highest BCUT2D eigenvalue weighted by Crippen LogP contribution is 2.30. The topological polar surface area (TPSA) is 76.2 Å². The largest absolute Gasteiger partial charge is 0.493 e. The zero-order valence-electron chi connectivity index (χ0n) is 11.5. The van der Waals surface area contributed by atoms with Crippen molar-refractivity contribution in [3.8, 4) is 11.5 Å². The first-order valence-corrected chi connectivity index (χ1v) is 6.22. The number of aromatic amines is 1. The number of H-pyrrole nitrogens is 1. The van der Waals surface area contributed by atoms with Crippen molar-refractivity contribution in [3.63, 3.8) is 0 Å². The monoisotopic (exact) mass is 275 g/mol. The second kappa shape index (κ2) is 6.60. The Balaban J connectivity index is 2.01. The number of amides is 1. The summed E-state index contributed by atoms with van der Waals surface area (Å²) in [7, 11) is 3.05. The van der Waals surface area contributed by atoms with E-state index < -0.39 is 0 Å². The lowest BCUT2D eigenvalue weighted by Crippen LogP contribution is -2.26. The number of para-hydroxylation sites is 1. The number of benzene rings is 1. The number of methoxy groups -OCH3 is 2. The van der Waals surface area contributed by atoms with Gasteiger partial charge in [-0.1, -0.05) is 6.07 Å². The van der Waals surface area contributed by atoms with Crippen LogP contribution in [0.15, 0.2) is 30.7 Å². The third-order valence-electron chi connectivity index (χ3n) is 2.88. The summed E-state index contributed by atoms with van der Waals surface area (Å²) in [5.74, 6) is 0.781. The summed E-state index contributed by atoms with van der Waals surface area (Å²) in [5, 5.41) is 2.84. The quantitative estimate of drug-likeness (QED) is 0.835. The molecule has 1 aromatic carbocycles. The number of ether oxygens (including phenoxy) is 2. The number of hydrogen-bond acceptors (Lipinski definition) is 4. The van der Waals surface area contributed by atoms with E-state index in [-0.39, 0.29) is 5.91 Å². The van der Waals surface area contributed by atoms with Gasteiger partial charge in [-0.15, -0.1) is 0 Å². The Morgan fingerprint density at radius 3 is 2.85 bits per heavy atom. The molecular weight excluding hydrogens is 258 g/mol. The van der Waals surface area contributed by atoms with Crippen LogP contribution in [0.2, 0.25) is 0 Å². The van der Waals surface area contributed by atoms with Crippen LogP contribution in [0.3, 0.4) is 0 Å². The Morgan fingerprint density at radius 1 is 1.35 bits per heavy atom. The summed E-state index contributed by atoms with van der Waals surface area (Å²) < 4.78 is 10.4. The number of nitrogens with zero attached hydrogens (tertiary/aromatic N) is 1. The van der Waals surface area contributed by atoms with Crippen LogP contribution in [0.25, 0.3) is 0 Å². The normalized spacial score (nSPS) is 10.1. The van der Waals surface area contributed by atoms with E-state index in [2.05, 4.69) is 15.3 Å². The van der Waals surface area contributed by atoms with Gasteiger partial charge in [-0.25, -0.2) is 4.98 Å². The van der Waals surface area contributed by atoms with Crippen molar-refractivity contribution >= 4 is 5.91 Å². The molecule has 1 heterocycles. The van der Waals surface area contributed by atoms with Crippen molar-refractivity contribution in [1.82, 2.24) is 15.3 Å². The highest BCUT2D eigenvalue weighted by atomic mass is 16.5. The molecule has 0 aliphatic heterocycles. The molecule has 2 N–H and O–H groups in total. The van der Waals surface area contributed by atoms with Crippen LogP contribution in [0.5, 0.6) is 11.5 Å². The lowest BCUT2D eigenvalue weighted by atomic mass is 10.1. The summed E-state index contributed by atoms with van der Waals surface area (Å²) in [6, 6.07) is 5.21. The molecule has 0 bridgehead atoms. The van der Waals surface area contributed by atoms with Crippen LogP contribution in [0.1, 0.15) is 16.1 Å². The van der Waals surface area contributed by atoms with Gasteiger partial charge in [-0.3, -0.25) is 4.79 Å². The van der Waals surface area contributed by atoms with Crippen LogP contribution in [0.4, 0.5) is 0 Å². The number of imidazole rings is 1. The first-order chi connectivity index (χ1) is 9.76. The van der Waals surface area contributed by atoms with Crippen LogP contribution < -0.4 is 14.8 Å². The van der Waals surface area contributed by atoms with Gasteiger partial charge in [0.05, 0.1) is 26.1 Å². The average molecular weight is 275 g/mol. The van der Waals surface area contributed by atoms with E-state index >= 15 is 0 Å². The maximum absolute atomic E-state index is 12.1. The molecule has 0 radical (unpaired) electrons. The number of nitrogens with one attached hydrogen (secondary N) is 2. The first-order valence-electron chi connectivity index (χ1n) is 6.22. The molecule has 2 aromatic rings. The van der Waals surface area contributed by atoms with Gasteiger partial charge in [-0.2, -0.15) is 0 Å². The molecule has 6 heteroatoms. The number of rotatable bonds is 6. The molecule has 20 heavy (non-hydrogen) atoms. The molecule has 6 nitrogen and oxygen atoms in total. The van der Waals surface area contributed by atoms with Gasteiger partial charge >= 0.3 is 0 Å². The summed E-state index contributed by atoms with van der Waals surface area (Å²) >= 11 is 0. The third-order valence-corrected chi connectivity index (χ3v) is 2.88. The van der Waals surface area contributed by atoms with E-state index in [0.717, 1.165) is 5.69 Å². The highest BCUT2D eigenvalue weighted by molar-refractivity contribution is 5.97. The SMILES string of the molecule is COc1cccc(C(=O)NCCc2cnc[nH]2)c1OC. The van der Waals surface area contributed by atoms with Gasteiger partial charge in [0.2, 0.25) is 0 Å². The molecule has 1 aromatic heterocycles. The number of aromatic nitrogens is 2. The maximum Gasteiger partial charge on any atom is 0.255 e. The van der Waals surface area contributed by atoms with Gasteiger partial charge in [0.15, 0.2) is 11.5 Å². The molecule has 0 aliphatic carbocycles. The minimum atomic E-state index is -0.194. The van der Waals surface area contributed by atoms with E-state index in [1.807, 2.05) is 0 Å². The van der Waals surface area contributed by atoms with Crippen molar-refractivity contribution in [2.24, 2.45) is 0 Å². The zero-order valence-corrected chi connectivity index (χ0v) is 11.5. The zero-order chi connectivity index (χ0) is 14.4. The number of carbonyl (C=O) groups excluding carboxylic acids is 1. The lowest BCUT2D eigenvalue weighted by Gasteiger charge is -2.12. The molecular formula is C14H17N3O3. The molecule has 0 atom stereocenters. The van der Waals surface area contributed by atoms with Gasteiger partial charge in [0.25, 0.3) is 5.91 Å². The molecule has 0 fully saturated rings. The molecule has 2 rings (SSSR count). The molecule has 0 aliphatic rings. The van der Waals surface area contributed by atoms with Crippen molar-refractivity contribution in [2.75, 3.05) is 20.8 Å². The predicted molar refractivity (Wildman–Crippen MR) is 74.2 cm³/mol. The smallest absolute Gasteiger partial charge is 0.255 e. The Kier molecular flexibility index (Phi) is 4.60. The summed E-state index contributed by atoms with van der Waals surface area (Å²) in [6.07, 6.45) is 4.04. The van der Waals surface area contributed by atoms with Crippen LogP contribution in [-0.4, -0.2) is 36.6 Å². The van der Waals surface area contributed by atoms with E-state index in [0.29, 0.717) is 30.0 Å². The fourth-order valence-electron chi connectivity index (χ4n) is 1.89. The average Bonchev–Trinajstić information content (AvgIpc) is 2.99. The fourth-order valence-corrected chi connectivity index (χ4v) is 1.89. The first kappa shape index (κ1) is 13.9. The van der Waals surface area contributed by atoms with Crippen LogP contribution >= 0.6 is 0 Å². The van der Waals surface area contributed by atoms with E-state index in [1.54, 1.807) is 30.7 Å². The van der Waals surface area contributed by atoms with Crippen molar-refractivity contribution in [2.45, 2.75) is 6.42 Å². The summed E-state index contributed by atoms with van der Waals surface area (Å²) in [6.45, 7) is 0.515. The number of hydrogen-bond donors (Lipinski definition) is 2. The Labute approximate surface area is 117 Å². The molecule has 1 amide bonds. The minimum Gasteiger partial charge on any atom is -0.493 e. The number of carbonyl (C=O) groups is 1. The Morgan fingerprint density at radius 2 is 2.20 bits per heavy atom. The standard InChI is InChI=1S/C14H17N3O3/c1-19-12-5-3-4-11(13(12)20-2)14(18)16-7-6-10-8-15-9-17-10/h3-5,8-9H,6-7H2,1-2H3,(H,15,17)(H,16,18). The minimum absolute atomic E-state index is 0.194. The second-order valence-corrected chi connectivity index (χ2v) is 4.12. The fraction of sp³-hybridized carbons (Fsp3) is 0.286. The van der Waals surface area contributed by atoms with E-state index in [9.17, 15) is 4.79 Å². The molecule has 0 saturated heterocycles. The van der Waals surface area contributed by atoms with E-state index in [1.165, 1.54) is 14.2 Å². The Hall–Kier alpha value is -2.50. The lowest BCUT2D eigenvalue weighted by molar-refractivity contribution is 0.0950. The second-order valence-electron chi connectivity index (χ2n) is 4.12. The predicted octanol–water partition coefficient (Wildman–Crippen LogP) is 1.40. The third kappa shape index (κ3) is 3.09. The highest BCUT2D eigenvalue weighted by Gasteiger charge is 2.15. The van der Waals surface area contributed by atoms with Crippen LogP contribution in [-0.2, 0) is 6.42 Å². The molecule has 0 saturated carbocycles. The maximum atomic E-state index is 12.1. The summed E-state index contributed by atoms with van der Waals surface area (Å²) in [4.78, 5) is 19.1. The molecule has 0 spiro atoms. The van der Waals surface area contributed by atoms with Gasteiger partial charge in [0, 0.05) is 24.9 Å². The van der Waals surface area contributed by atoms with Gasteiger partial charge < -0.3 is 19.8 Å².